The number of hydrogen-bond acceptors (Lipinski definition) is 1. The van der Waals surface area contributed by atoms with Gasteiger partial charge in [0, 0.05) is 55.5 Å². The van der Waals surface area contributed by atoms with Gasteiger partial charge in [0.25, 0.3) is 0 Å². The predicted octanol–water partition coefficient (Wildman–Crippen LogP) is 19.2. The lowest BCUT2D eigenvalue weighted by Crippen LogP contribution is -2.10. The summed E-state index contributed by atoms with van der Waals surface area (Å²) in [6.45, 7) is 0. The molecule has 14 aromatic rings. The summed E-state index contributed by atoms with van der Waals surface area (Å²) in [7, 11) is 0. The highest BCUT2D eigenvalue weighted by molar-refractivity contribution is 6.18. The van der Waals surface area contributed by atoms with Crippen molar-refractivity contribution < 1.29 is 0 Å². The molecule has 0 saturated heterocycles. The van der Waals surface area contributed by atoms with Crippen LogP contribution in [0, 0.1) is 0 Å². The van der Waals surface area contributed by atoms with Gasteiger partial charge < -0.3 is 14.0 Å². The third-order valence-corrected chi connectivity index (χ3v) is 14.7. The summed E-state index contributed by atoms with van der Waals surface area (Å²) < 4.78 is 4.90. The van der Waals surface area contributed by atoms with Crippen LogP contribution in [0.25, 0.3) is 110 Å². The molecule has 12 aromatic carbocycles. The molecule has 0 amide bonds. The van der Waals surface area contributed by atoms with Crippen molar-refractivity contribution in [3.63, 3.8) is 0 Å². The first kappa shape index (κ1) is 42.2. The van der Waals surface area contributed by atoms with E-state index in [1.165, 1.54) is 93.3 Å². The summed E-state index contributed by atoms with van der Waals surface area (Å²) in [4.78, 5) is 2.39. The molecule has 0 aliphatic heterocycles. The van der Waals surface area contributed by atoms with E-state index in [9.17, 15) is 0 Å². The molecule has 0 unspecified atom stereocenters. The summed E-state index contributed by atoms with van der Waals surface area (Å²) in [6.07, 6.45) is 0. The van der Waals surface area contributed by atoms with E-state index in [1.807, 2.05) is 0 Å². The van der Waals surface area contributed by atoms with Crippen LogP contribution >= 0.6 is 0 Å². The molecule has 0 atom stereocenters. The number of anilines is 3. The largest absolute Gasteiger partial charge is 0.310 e. The molecule has 73 heavy (non-hydrogen) atoms. The molecule has 0 saturated carbocycles. The highest BCUT2D eigenvalue weighted by Crippen LogP contribution is 2.47. The maximum atomic E-state index is 2.52. The molecule has 3 nitrogen and oxygen atoms in total. The maximum Gasteiger partial charge on any atom is 0.0620 e. The topological polar surface area (TPSA) is 13.1 Å². The van der Waals surface area contributed by atoms with Crippen LogP contribution in [0.4, 0.5) is 17.1 Å². The number of para-hydroxylation sites is 2. The Labute approximate surface area is 424 Å². The molecule has 2 heterocycles. The van der Waals surface area contributed by atoms with Crippen molar-refractivity contribution in [1.82, 2.24) is 9.13 Å². The second-order valence-corrected chi connectivity index (χ2v) is 18.9. The van der Waals surface area contributed by atoms with Crippen molar-refractivity contribution >= 4 is 71.3 Å². The Balaban J connectivity index is 0.943. The lowest BCUT2D eigenvalue weighted by molar-refractivity contribution is 1.14. The molecule has 0 radical (unpaired) electrons. The van der Waals surface area contributed by atoms with Gasteiger partial charge in [-0.15, -0.1) is 0 Å². The first-order valence-electron chi connectivity index (χ1n) is 25.1. The van der Waals surface area contributed by atoms with E-state index in [0.29, 0.717) is 0 Å². The summed E-state index contributed by atoms with van der Waals surface area (Å²) in [5.41, 5.74) is 18.6. The highest BCUT2D eigenvalue weighted by atomic mass is 15.1. The van der Waals surface area contributed by atoms with Gasteiger partial charge in [0.05, 0.1) is 22.2 Å². The van der Waals surface area contributed by atoms with E-state index in [0.717, 1.165) is 34.0 Å². The smallest absolute Gasteiger partial charge is 0.0620 e. The number of rotatable bonds is 9. The third kappa shape index (κ3) is 7.21. The zero-order valence-electron chi connectivity index (χ0n) is 40.0. The Morgan fingerprint density at radius 2 is 0.808 bits per heavy atom. The zero-order chi connectivity index (χ0) is 48.2. The van der Waals surface area contributed by atoms with E-state index >= 15 is 0 Å². The van der Waals surface area contributed by atoms with Crippen LogP contribution in [0.3, 0.4) is 0 Å². The maximum absolute atomic E-state index is 2.52. The number of fused-ring (bicyclic) bond motifs is 7. The minimum Gasteiger partial charge on any atom is -0.310 e. The van der Waals surface area contributed by atoms with Gasteiger partial charge in [-0.25, -0.2) is 0 Å². The van der Waals surface area contributed by atoms with Crippen molar-refractivity contribution in [3.05, 3.63) is 285 Å². The molecule has 0 aliphatic carbocycles. The van der Waals surface area contributed by atoms with Crippen LogP contribution in [0.5, 0.6) is 0 Å². The van der Waals surface area contributed by atoms with Crippen molar-refractivity contribution in [3.8, 4) is 56.0 Å². The predicted molar refractivity (Wildman–Crippen MR) is 309 cm³/mol. The molecule has 3 heteroatoms. The monoisotopic (exact) mass is 929 g/mol. The molecule has 0 N–H and O–H groups in total. The number of aromatic nitrogens is 2. The zero-order valence-corrected chi connectivity index (χ0v) is 40.0. The second-order valence-electron chi connectivity index (χ2n) is 18.9. The lowest BCUT2D eigenvalue weighted by Gasteiger charge is -2.26. The fourth-order valence-corrected chi connectivity index (χ4v) is 11.4. The molecule has 0 aliphatic rings. The van der Waals surface area contributed by atoms with E-state index in [-0.39, 0.29) is 0 Å². The summed E-state index contributed by atoms with van der Waals surface area (Å²) >= 11 is 0. The van der Waals surface area contributed by atoms with Gasteiger partial charge in [-0.2, -0.15) is 0 Å². The number of benzene rings is 12. The Kier molecular flexibility index (Phi) is 10.2. The van der Waals surface area contributed by atoms with Crippen LogP contribution in [-0.2, 0) is 0 Å². The molecular formula is C70H47N3. The van der Waals surface area contributed by atoms with Crippen LogP contribution < -0.4 is 4.90 Å². The highest BCUT2D eigenvalue weighted by Gasteiger charge is 2.24. The van der Waals surface area contributed by atoms with Crippen LogP contribution in [0.2, 0.25) is 0 Å². The molecule has 0 spiro atoms. The first-order valence-corrected chi connectivity index (χ1v) is 25.1. The Morgan fingerprint density at radius 3 is 1.53 bits per heavy atom. The molecule has 0 bridgehead atoms. The van der Waals surface area contributed by atoms with Gasteiger partial charge in [-0.1, -0.05) is 212 Å². The van der Waals surface area contributed by atoms with E-state index in [4.69, 9.17) is 0 Å². The van der Waals surface area contributed by atoms with Gasteiger partial charge in [0.2, 0.25) is 0 Å². The molecule has 342 valence electrons. The van der Waals surface area contributed by atoms with E-state index < -0.39 is 0 Å². The quantitative estimate of drug-likeness (QED) is 0.141. The standard InChI is InChI=1S/C70H47N3/c1-5-18-48(19-6-1)50-32-37-56(38-33-50)71(59-42-45-67-65(47-59)62-28-15-16-31-66(62)72(67)55-26-11-4-12-27-55)57-39-35-51(36-40-57)60-29-17-30-63-61(60)43-44-64-68(52-21-7-2-8-22-52)69(53-23-9-3-10-24-53)73(70(63)64)58-41-34-49-20-13-14-25-54(49)46-58/h1-47H. The molecular weight excluding hydrogens is 883 g/mol. The van der Waals surface area contributed by atoms with Gasteiger partial charge in [-0.3, -0.25) is 0 Å². The normalized spacial score (nSPS) is 11.6. The SMILES string of the molecule is c1ccc(-c2ccc(N(c3ccc(-c4cccc5c4ccc4c(-c6ccccc6)c(-c6ccccc6)n(-c6ccc7ccccc7c6)c45)cc3)c3ccc4c(c3)c3ccccc3n4-c3ccccc3)cc2)cc1. The summed E-state index contributed by atoms with van der Waals surface area (Å²) in [6, 6.07) is 104. The fraction of sp³-hybridized carbons (Fsp3) is 0. The number of hydrogen-bond donors (Lipinski definition) is 0. The Bertz CT molecular complexity index is 4330. The van der Waals surface area contributed by atoms with Crippen LogP contribution in [-0.4, -0.2) is 9.13 Å². The summed E-state index contributed by atoms with van der Waals surface area (Å²) in [5, 5.41) is 8.49. The number of nitrogens with zero attached hydrogens (tertiary/aromatic N) is 3. The van der Waals surface area contributed by atoms with E-state index in [2.05, 4.69) is 299 Å². The molecule has 2 aromatic heterocycles. The summed E-state index contributed by atoms with van der Waals surface area (Å²) in [5.74, 6) is 0. The van der Waals surface area contributed by atoms with Crippen molar-refractivity contribution in [2.24, 2.45) is 0 Å². The van der Waals surface area contributed by atoms with Crippen LogP contribution in [0.15, 0.2) is 285 Å². The minimum absolute atomic E-state index is 1.08. The van der Waals surface area contributed by atoms with Crippen molar-refractivity contribution in [2.75, 3.05) is 4.90 Å². The second kappa shape index (κ2) is 17.6. The van der Waals surface area contributed by atoms with Gasteiger partial charge in [-0.05, 0) is 122 Å². The molecule has 0 fully saturated rings. The Morgan fingerprint density at radius 1 is 0.260 bits per heavy atom. The average Bonchev–Trinajstić information content (AvgIpc) is 4.00. The minimum atomic E-state index is 1.08. The van der Waals surface area contributed by atoms with Gasteiger partial charge in [0.1, 0.15) is 0 Å². The van der Waals surface area contributed by atoms with E-state index in [1.54, 1.807) is 0 Å². The van der Waals surface area contributed by atoms with Crippen LogP contribution in [0.1, 0.15) is 0 Å². The average molecular weight is 930 g/mol. The fourth-order valence-electron chi connectivity index (χ4n) is 11.4. The van der Waals surface area contributed by atoms with Gasteiger partial charge >= 0.3 is 0 Å². The Hall–Kier alpha value is -9.70. The molecule has 14 rings (SSSR count). The van der Waals surface area contributed by atoms with Gasteiger partial charge in [0.15, 0.2) is 0 Å². The van der Waals surface area contributed by atoms with Crippen molar-refractivity contribution in [1.29, 1.82) is 0 Å². The first-order chi connectivity index (χ1) is 36.2. The lowest BCUT2D eigenvalue weighted by atomic mass is 9.94. The van der Waals surface area contributed by atoms with Crippen molar-refractivity contribution in [2.45, 2.75) is 0 Å². The third-order valence-electron chi connectivity index (χ3n) is 14.7.